The number of fused-ring (bicyclic) bond motifs is 1. The number of rotatable bonds is 1. The third kappa shape index (κ3) is 1.93. The molecule has 2 aliphatic rings. The molecule has 2 nitrogen and oxygen atoms in total. The molecule has 1 saturated heterocycles. The SMILES string of the molecule is CC1C(N)CCN(c2ccc3c(c2)CCC3)C1C. The number of anilines is 1. The van der Waals surface area contributed by atoms with Crippen LogP contribution in [0.25, 0.3) is 0 Å². The summed E-state index contributed by atoms with van der Waals surface area (Å²) < 4.78 is 0. The molecule has 0 aromatic heterocycles. The molecule has 1 fully saturated rings. The molecule has 1 aromatic carbocycles. The largest absolute Gasteiger partial charge is 0.368 e. The van der Waals surface area contributed by atoms with Crippen molar-refractivity contribution in [3.8, 4) is 0 Å². The lowest BCUT2D eigenvalue weighted by atomic mass is 9.87. The van der Waals surface area contributed by atoms with Crippen molar-refractivity contribution >= 4 is 5.69 Å². The number of piperidine rings is 1. The molecular formula is C16H24N2. The van der Waals surface area contributed by atoms with Crippen molar-refractivity contribution in [3.63, 3.8) is 0 Å². The average Bonchev–Trinajstić information content (AvgIpc) is 2.83. The van der Waals surface area contributed by atoms with Gasteiger partial charge in [-0.2, -0.15) is 0 Å². The Balaban J connectivity index is 1.86. The summed E-state index contributed by atoms with van der Waals surface area (Å²) in [7, 11) is 0. The molecule has 1 heterocycles. The van der Waals surface area contributed by atoms with Crippen LogP contribution >= 0.6 is 0 Å². The van der Waals surface area contributed by atoms with Crippen LogP contribution in [0.4, 0.5) is 5.69 Å². The predicted octanol–water partition coefficient (Wildman–Crippen LogP) is 2.74. The van der Waals surface area contributed by atoms with Gasteiger partial charge in [-0.15, -0.1) is 0 Å². The monoisotopic (exact) mass is 244 g/mol. The zero-order valence-electron chi connectivity index (χ0n) is 11.5. The Morgan fingerprint density at radius 2 is 1.94 bits per heavy atom. The molecule has 2 N–H and O–H groups in total. The molecule has 2 heteroatoms. The molecule has 1 aliphatic heterocycles. The summed E-state index contributed by atoms with van der Waals surface area (Å²) >= 11 is 0. The minimum absolute atomic E-state index is 0.366. The van der Waals surface area contributed by atoms with Crippen LogP contribution in [-0.4, -0.2) is 18.6 Å². The van der Waals surface area contributed by atoms with E-state index in [4.69, 9.17) is 5.73 Å². The normalized spacial score (nSPS) is 31.5. The fourth-order valence-electron chi connectivity index (χ4n) is 3.50. The molecule has 3 unspecified atom stereocenters. The molecule has 0 bridgehead atoms. The van der Waals surface area contributed by atoms with Crippen molar-refractivity contribution in [1.29, 1.82) is 0 Å². The van der Waals surface area contributed by atoms with Gasteiger partial charge in [-0.05, 0) is 61.8 Å². The Morgan fingerprint density at radius 3 is 2.78 bits per heavy atom. The highest BCUT2D eigenvalue weighted by Gasteiger charge is 2.30. The fraction of sp³-hybridized carbons (Fsp3) is 0.625. The molecule has 0 radical (unpaired) electrons. The molecule has 0 saturated carbocycles. The van der Waals surface area contributed by atoms with E-state index in [1.54, 1.807) is 11.1 Å². The third-order valence-corrected chi connectivity index (χ3v) is 5.04. The fourth-order valence-corrected chi connectivity index (χ4v) is 3.50. The first-order valence-electron chi connectivity index (χ1n) is 7.31. The molecule has 3 atom stereocenters. The van der Waals surface area contributed by atoms with Gasteiger partial charge in [0, 0.05) is 24.3 Å². The lowest BCUT2D eigenvalue weighted by Crippen LogP contribution is -2.51. The van der Waals surface area contributed by atoms with Gasteiger partial charge in [0.05, 0.1) is 0 Å². The van der Waals surface area contributed by atoms with Crippen LogP contribution in [0.5, 0.6) is 0 Å². The van der Waals surface area contributed by atoms with Gasteiger partial charge in [0.2, 0.25) is 0 Å². The summed E-state index contributed by atoms with van der Waals surface area (Å²) in [6, 6.07) is 7.98. The van der Waals surface area contributed by atoms with Crippen molar-refractivity contribution in [1.82, 2.24) is 0 Å². The average molecular weight is 244 g/mol. The van der Waals surface area contributed by atoms with Gasteiger partial charge >= 0.3 is 0 Å². The van der Waals surface area contributed by atoms with Crippen molar-refractivity contribution in [2.45, 2.75) is 51.6 Å². The minimum Gasteiger partial charge on any atom is -0.368 e. The smallest absolute Gasteiger partial charge is 0.0371 e. The van der Waals surface area contributed by atoms with Crippen LogP contribution in [0.1, 0.15) is 37.8 Å². The van der Waals surface area contributed by atoms with E-state index in [1.165, 1.54) is 24.9 Å². The Labute approximate surface area is 110 Å². The molecule has 1 aliphatic carbocycles. The summed E-state index contributed by atoms with van der Waals surface area (Å²) in [6.45, 7) is 5.71. The summed E-state index contributed by atoms with van der Waals surface area (Å²) in [5.41, 5.74) is 10.7. The summed E-state index contributed by atoms with van der Waals surface area (Å²) in [5.74, 6) is 0.576. The van der Waals surface area contributed by atoms with E-state index in [0.29, 0.717) is 18.0 Å². The maximum Gasteiger partial charge on any atom is 0.0371 e. The highest BCUT2D eigenvalue weighted by Crippen LogP contribution is 2.31. The van der Waals surface area contributed by atoms with Crippen LogP contribution in [0.2, 0.25) is 0 Å². The maximum atomic E-state index is 6.17. The van der Waals surface area contributed by atoms with Gasteiger partial charge < -0.3 is 10.6 Å². The van der Waals surface area contributed by atoms with Gasteiger partial charge in [0.1, 0.15) is 0 Å². The molecule has 18 heavy (non-hydrogen) atoms. The second-order valence-corrected chi connectivity index (χ2v) is 6.05. The number of nitrogens with two attached hydrogens (primary N) is 1. The lowest BCUT2D eigenvalue weighted by molar-refractivity contribution is 0.315. The van der Waals surface area contributed by atoms with E-state index in [1.807, 2.05) is 0 Å². The first-order chi connectivity index (χ1) is 8.66. The van der Waals surface area contributed by atoms with E-state index in [0.717, 1.165) is 13.0 Å². The second-order valence-electron chi connectivity index (χ2n) is 6.05. The molecule has 98 valence electrons. The number of aryl methyl sites for hydroxylation is 2. The lowest BCUT2D eigenvalue weighted by Gasteiger charge is -2.43. The second kappa shape index (κ2) is 4.58. The maximum absolute atomic E-state index is 6.17. The van der Waals surface area contributed by atoms with E-state index in [-0.39, 0.29) is 0 Å². The Bertz CT molecular complexity index is 441. The third-order valence-electron chi connectivity index (χ3n) is 5.04. The molecule has 1 aromatic rings. The van der Waals surface area contributed by atoms with Gasteiger partial charge in [-0.3, -0.25) is 0 Å². The minimum atomic E-state index is 0.366. The van der Waals surface area contributed by atoms with Crippen molar-refractivity contribution in [3.05, 3.63) is 29.3 Å². The molecule has 3 rings (SSSR count). The summed E-state index contributed by atoms with van der Waals surface area (Å²) in [6.07, 6.45) is 4.98. The van der Waals surface area contributed by atoms with Gasteiger partial charge in [0.25, 0.3) is 0 Å². The molecular weight excluding hydrogens is 220 g/mol. The zero-order chi connectivity index (χ0) is 12.7. The van der Waals surface area contributed by atoms with Crippen molar-refractivity contribution in [2.24, 2.45) is 11.7 Å². The number of nitrogens with zero attached hydrogens (tertiary/aromatic N) is 1. The molecule has 0 spiro atoms. The standard InChI is InChI=1S/C16H24N2/c1-11-12(2)18(9-8-16(11)17)15-7-6-13-4-3-5-14(13)10-15/h6-7,10-12,16H,3-5,8-9,17H2,1-2H3. The van der Waals surface area contributed by atoms with Crippen LogP contribution in [0.15, 0.2) is 18.2 Å². The number of hydrogen-bond donors (Lipinski definition) is 1. The summed E-state index contributed by atoms with van der Waals surface area (Å²) in [4.78, 5) is 2.55. The highest BCUT2D eigenvalue weighted by molar-refractivity contribution is 5.53. The highest BCUT2D eigenvalue weighted by atomic mass is 15.2. The van der Waals surface area contributed by atoms with E-state index < -0.39 is 0 Å². The van der Waals surface area contributed by atoms with E-state index in [9.17, 15) is 0 Å². The van der Waals surface area contributed by atoms with Crippen LogP contribution < -0.4 is 10.6 Å². The first-order valence-corrected chi connectivity index (χ1v) is 7.31. The van der Waals surface area contributed by atoms with Crippen LogP contribution in [-0.2, 0) is 12.8 Å². The Hall–Kier alpha value is -1.02. The van der Waals surface area contributed by atoms with Gasteiger partial charge in [-0.25, -0.2) is 0 Å². The Morgan fingerprint density at radius 1 is 1.17 bits per heavy atom. The number of hydrogen-bond acceptors (Lipinski definition) is 2. The quantitative estimate of drug-likeness (QED) is 0.823. The van der Waals surface area contributed by atoms with Crippen molar-refractivity contribution < 1.29 is 0 Å². The molecule has 0 amide bonds. The predicted molar refractivity (Wildman–Crippen MR) is 77.0 cm³/mol. The van der Waals surface area contributed by atoms with E-state index in [2.05, 4.69) is 36.9 Å². The van der Waals surface area contributed by atoms with Gasteiger partial charge in [-0.1, -0.05) is 13.0 Å². The van der Waals surface area contributed by atoms with E-state index >= 15 is 0 Å². The first kappa shape index (κ1) is 12.0. The topological polar surface area (TPSA) is 29.3 Å². The van der Waals surface area contributed by atoms with Crippen molar-refractivity contribution in [2.75, 3.05) is 11.4 Å². The van der Waals surface area contributed by atoms with Gasteiger partial charge in [0.15, 0.2) is 0 Å². The van der Waals surface area contributed by atoms with Crippen LogP contribution in [0, 0.1) is 5.92 Å². The van der Waals surface area contributed by atoms with Crippen LogP contribution in [0.3, 0.4) is 0 Å². The Kier molecular flexibility index (Phi) is 3.06. The number of benzene rings is 1. The summed E-state index contributed by atoms with van der Waals surface area (Å²) in [5, 5.41) is 0. The zero-order valence-corrected chi connectivity index (χ0v) is 11.5.